The Labute approximate surface area is 165 Å². The highest BCUT2D eigenvalue weighted by Gasteiger charge is 2.34. The predicted octanol–water partition coefficient (Wildman–Crippen LogP) is 2.34. The second-order valence-electron chi connectivity index (χ2n) is 7.27. The summed E-state index contributed by atoms with van der Waals surface area (Å²) in [5.74, 6) is 1.09. The van der Waals surface area contributed by atoms with Gasteiger partial charge in [-0.25, -0.2) is 13.1 Å². The summed E-state index contributed by atoms with van der Waals surface area (Å²) < 4.78 is 33.3. The summed E-state index contributed by atoms with van der Waals surface area (Å²) >= 11 is 0. The summed E-state index contributed by atoms with van der Waals surface area (Å²) in [5, 5.41) is 0. The third kappa shape index (κ3) is 4.36. The van der Waals surface area contributed by atoms with Crippen LogP contribution in [0.3, 0.4) is 0 Å². The van der Waals surface area contributed by atoms with Crippen molar-refractivity contribution in [3.8, 4) is 5.75 Å². The molecule has 2 aromatic rings. The van der Waals surface area contributed by atoms with Crippen LogP contribution in [0, 0.1) is 5.92 Å². The molecule has 6 nitrogen and oxygen atoms in total. The van der Waals surface area contributed by atoms with E-state index in [0.29, 0.717) is 18.8 Å². The van der Waals surface area contributed by atoms with Crippen molar-refractivity contribution in [3.63, 3.8) is 0 Å². The van der Waals surface area contributed by atoms with Crippen LogP contribution >= 0.6 is 0 Å². The SMILES string of the molecule is O=C(C1CC1)N1CCc2ccc(S(=O)(=O)NCCOc3ccccc3)cc2C1. The van der Waals surface area contributed by atoms with Gasteiger partial charge in [0.2, 0.25) is 15.9 Å². The Kier molecular flexibility index (Phi) is 5.37. The van der Waals surface area contributed by atoms with Gasteiger partial charge < -0.3 is 9.64 Å². The number of sulfonamides is 1. The number of rotatable bonds is 7. The molecule has 1 saturated carbocycles. The van der Waals surface area contributed by atoms with Crippen molar-refractivity contribution in [2.75, 3.05) is 19.7 Å². The van der Waals surface area contributed by atoms with E-state index in [4.69, 9.17) is 4.74 Å². The van der Waals surface area contributed by atoms with Gasteiger partial charge in [-0.05, 0) is 54.7 Å². The van der Waals surface area contributed by atoms with Crippen molar-refractivity contribution in [2.24, 2.45) is 5.92 Å². The van der Waals surface area contributed by atoms with E-state index in [9.17, 15) is 13.2 Å². The fourth-order valence-corrected chi connectivity index (χ4v) is 4.49. The van der Waals surface area contributed by atoms with E-state index in [1.165, 1.54) is 0 Å². The molecule has 7 heteroatoms. The van der Waals surface area contributed by atoms with Crippen LogP contribution in [0.4, 0.5) is 0 Å². The van der Waals surface area contributed by atoms with Crippen LogP contribution < -0.4 is 9.46 Å². The average molecular weight is 401 g/mol. The van der Waals surface area contributed by atoms with Crippen molar-refractivity contribution >= 4 is 15.9 Å². The second-order valence-corrected chi connectivity index (χ2v) is 9.04. The lowest BCUT2D eigenvalue weighted by Crippen LogP contribution is -2.37. The van der Waals surface area contributed by atoms with E-state index in [-0.39, 0.29) is 29.9 Å². The number of carbonyl (C=O) groups is 1. The number of amides is 1. The third-order valence-corrected chi connectivity index (χ3v) is 6.60. The maximum atomic E-state index is 12.6. The molecule has 0 unspecified atom stereocenters. The molecular weight excluding hydrogens is 376 g/mol. The van der Waals surface area contributed by atoms with Crippen molar-refractivity contribution in [3.05, 3.63) is 59.7 Å². The van der Waals surface area contributed by atoms with Crippen LogP contribution in [0.1, 0.15) is 24.0 Å². The summed E-state index contributed by atoms with van der Waals surface area (Å²) in [4.78, 5) is 14.4. The number of ether oxygens (including phenoxy) is 1. The van der Waals surface area contributed by atoms with Crippen LogP contribution in [0.15, 0.2) is 53.4 Å². The number of nitrogens with one attached hydrogen (secondary N) is 1. The lowest BCUT2D eigenvalue weighted by atomic mass is 9.99. The third-order valence-electron chi connectivity index (χ3n) is 5.14. The molecular formula is C21H24N2O4S. The minimum atomic E-state index is -3.62. The first-order valence-electron chi connectivity index (χ1n) is 9.61. The first-order valence-corrected chi connectivity index (χ1v) is 11.1. The zero-order valence-corrected chi connectivity index (χ0v) is 16.5. The van der Waals surface area contributed by atoms with Crippen LogP contribution in [0.25, 0.3) is 0 Å². The Morgan fingerprint density at radius 1 is 1.11 bits per heavy atom. The molecule has 0 radical (unpaired) electrons. The molecule has 2 aromatic carbocycles. The van der Waals surface area contributed by atoms with E-state index in [1.54, 1.807) is 12.1 Å². The number of hydrogen-bond donors (Lipinski definition) is 1. The van der Waals surface area contributed by atoms with Gasteiger partial charge in [-0.2, -0.15) is 0 Å². The van der Waals surface area contributed by atoms with Crippen molar-refractivity contribution < 1.29 is 17.9 Å². The molecule has 4 rings (SSSR count). The molecule has 2 aliphatic rings. The highest BCUT2D eigenvalue weighted by molar-refractivity contribution is 7.89. The summed E-state index contributed by atoms with van der Waals surface area (Å²) in [7, 11) is -3.62. The Bertz CT molecular complexity index is 956. The molecule has 1 aliphatic heterocycles. The number of benzene rings is 2. The van der Waals surface area contributed by atoms with Gasteiger partial charge in [0.1, 0.15) is 12.4 Å². The van der Waals surface area contributed by atoms with Gasteiger partial charge in [0.15, 0.2) is 0 Å². The fourth-order valence-electron chi connectivity index (χ4n) is 3.42. The van der Waals surface area contributed by atoms with Gasteiger partial charge in [0.25, 0.3) is 0 Å². The van der Waals surface area contributed by atoms with E-state index in [2.05, 4.69) is 4.72 Å². The Morgan fingerprint density at radius 2 is 1.89 bits per heavy atom. The van der Waals surface area contributed by atoms with E-state index in [0.717, 1.165) is 30.4 Å². The maximum Gasteiger partial charge on any atom is 0.240 e. The van der Waals surface area contributed by atoms with Gasteiger partial charge >= 0.3 is 0 Å². The second kappa shape index (κ2) is 7.93. The largest absolute Gasteiger partial charge is 0.492 e. The molecule has 1 heterocycles. The van der Waals surface area contributed by atoms with Crippen LogP contribution in [0.2, 0.25) is 0 Å². The van der Waals surface area contributed by atoms with E-state index in [1.807, 2.05) is 41.3 Å². The standard InChI is InChI=1S/C21H24N2O4S/c24-21(17-6-7-17)23-12-10-16-8-9-20(14-18(16)15-23)28(25,26)22-11-13-27-19-4-2-1-3-5-19/h1-5,8-9,14,17,22H,6-7,10-13,15H2. The minimum absolute atomic E-state index is 0.180. The Hall–Kier alpha value is -2.38. The lowest BCUT2D eigenvalue weighted by Gasteiger charge is -2.29. The predicted molar refractivity (Wildman–Crippen MR) is 105 cm³/mol. The fraction of sp³-hybridized carbons (Fsp3) is 0.381. The molecule has 28 heavy (non-hydrogen) atoms. The van der Waals surface area contributed by atoms with Crippen molar-refractivity contribution in [1.29, 1.82) is 0 Å². The van der Waals surface area contributed by atoms with Crippen molar-refractivity contribution in [1.82, 2.24) is 9.62 Å². The zero-order chi connectivity index (χ0) is 19.6. The topological polar surface area (TPSA) is 75.7 Å². The maximum absolute atomic E-state index is 12.6. The summed E-state index contributed by atoms with van der Waals surface area (Å²) in [6.07, 6.45) is 2.73. The molecule has 1 amide bonds. The molecule has 1 N–H and O–H groups in total. The number of carbonyl (C=O) groups excluding carboxylic acids is 1. The molecule has 0 spiro atoms. The number of hydrogen-bond acceptors (Lipinski definition) is 4. The monoisotopic (exact) mass is 400 g/mol. The van der Waals surface area contributed by atoms with Gasteiger partial charge in [0.05, 0.1) is 4.90 Å². The average Bonchev–Trinajstić information content (AvgIpc) is 3.56. The highest BCUT2D eigenvalue weighted by atomic mass is 32.2. The Morgan fingerprint density at radius 3 is 2.64 bits per heavy atom. The number of fused-ring (bicyclic) bond motifs is 1. The first-order chi connectivity index (χ1) is 13.5. The minimum Gasteiger partial charge on any atom is -0.492 e. The van der Waals surface area contributed by atoms with Crippen LogP contribution in [0.5, 0.6) is 5.75 Å². The summed E-state index contributed by atoms with van der Waals surface area (Å²) in [6.45, 7) is 1.63. The van der Waals surface area contributed by atoms with E-state index < -0.39 is 10.0 Å². The van der Waals surface area contributed by atoms with Crippen LogP contribution in [-0.2, 0) is 27.8 Å². The smallest absolute Gasteiger partial charge is 0.240 e. The zero-order valence-electron chi connectivity index (χ0n) is 15.6. The van der Waals surface area contributed by atoms with Gasteiger partial charge in [-0.1, -0.05) is 24.3 Å². The van der Waals surface area contributed by atoms with Crippen molar-refractivity contribution in [2.45, 2.75) is 30.7 Å². The Balaban J connectivity index is 1.38. The number of nitrogens with zero attached hydrogens (tertiary/aromatic N) is 1. The quantitative estimate of drug-likeness (QED) is 0.724. The van der Waals surface area contributed by atoms with Gasteiger partial charge in [0, 0.05) is 25.6 Å². The highest BCUT2D eigenvalue weighted by Crippen LogP contribution is 2.33. The van der Waals surface area contributed by atoms with E-state index >= 15 is 0 Å². The molecule has 0 aromatic heterocycles. The summed E-state index contributed by atoms with van der Waals surface area (Å²) in [6, 6.07) is 14.5. The molecule has 1 fully saturated rings. The number of para-hydroxylation sites is 1. The van der Waals surface area contributed by atoms with Gasteiger partial charge in [-0.15, -0.1) is 0 Å². The lowest BCUT2D eigenvalue weighted by molar-refractivity contribution is -0.133. The molecule has 148 valence electrons. The molecule has 1 aliphatic carbocycles. The molecule has 0 atom stereocenters. The summed E-state index contributed by atoms with van der Waals surface area (Å²) in [5.41, 5.74) is 2.04. The normalized spacial score (nSPS) is 16.5. The first kappa shape index (κ1) is 19.0. The van der Waals surface area contributed by atoms with Gasteiger partial charge in [-0.3, -0.25) is 4.79 Å². The van der Waals surface area contributed by atoms with Crippen LogP contribution in [-0.4, -0.2) is 38.9 Å². The molecule has 0 bridgehead atoms. The molecule has 0 saturated heterocycles.